The van der Waals surface area contributed by atoms with Gasteiger partial charge in [-0.05, 0) is 35.9 Å². The zero-order valence-corrected chi connectivity index (χ0v) is 12.1. The second-order valence-electron chi connectivity index (χ2n) is 5.02. The summed E-state index contributed by atoms with van der Waals surface area (Å²) in [6.07, 6.45) is 0.854. The van der Waals surface area contributed by atoms with Crippen molar-refractivity contribution in [3.8, 4) is 0 Å². The van der Waals surface area contributed by atoms with E-state index >= 15 is 0 Å². The molecule has 0 aliphatic carbocycles. The number of nitrogens with zero attached hydrogens (tertiary/aromatic N) is 1. The van der Waals surface area contributed by atoms with Gasteiger partial charge in [0, 0.05) is 19.6 Å². The third-order valence-electron chi connectivity index (χ3n) is 3.66. The lowest BCUT2D eigenvalue weighted by atomic mass is 10.1. The molecule has 1 aliphatic heterocycles. The molecule has 1 aliphatic rings. The van der Waals surface area contributed by atoms with Gasteiger partial charge in [0.1, 0.15) is 0 Å². The number of benzene rings is 2. The first kappa shape index (κ1) is 13.5. The van der Waals surface area contributed by atoms with Gasteiger partial charge in [-0.25, -0.2) is 8.42 Å². The monoisotopic (exact) mass is 290 g/mol. The van der Waals surface area contributed by atoms with Crippen LogP contribution in [0.3, 0.4) is 0 Å². The fraction of sp³-hybridized carbons (Fsp3) is 0.333. The van der Waals surface area contributed by atoms with Crippen molar-refractivity contribution >= 4 is 20.8 Å². The normalized spacial score (nSPS) is 18.0. The number of rotatable bonds is 2. The van der Waals surface area contributed by atoms with Gasteiger partial charge in [0.2, 0.25) is 10.0 Å². The van der Waals surface area contributed by atoms with Gasteiger partial charge >= 0.3 is 0 Å². The van der Waals surface area contributed by atoms with Crippen molar-refractivity contribution < 1.29 is 8.42 Å². The van der Waals surface area contributed by atoms with Crippen LogP contribution >= 0.6 is 0 Å². The molecule has 0 atom stereocenters. The van der Waals surface area contributed by atoms with E-state index in [-0.39, 0.29) is 0 Å². The highest BCUT2D eigenvalue weighted by Crippen LogP contribution is 2.22. The fourth-order valence-electron chi connectivity index (χ4n) is 2.54. The summed E-state index contributed by atoms with van der Waals surface area (Å²) in [5, 5.41) is 5.24. The molecular weight excluding hydrogens is 272 g/mol. The van der Waals surface area contributed by atoms with Gasteiger partial charge < -0.3 is 5.32 Å². The Morgan fingerprint density at radius 1 is 0.950 bits per heavy atom. The van der Waals surface area contributed by atoms with E-state index in [0.717, 1.165) is 23.7 Å². The zero-order chi connectivity index (χ0) is 14.0. The molecule has 0 aromatic heterocycles. The van der Waals surface area contributed by atoms with Gasteiger partial charge in [0.25, 0.3) is 0 Å². The Labute approximate surface area is 119 Å². The van der Waals surface area contributed by atoms with Crippen LogP contribution in [-0.2, 0) is 10.0 Å². The third-order valence-corrected chi connectivity index (χ3v) is 5.55. The van der Waals surface area contributed by atoms with Crippen molar-refractivity contribution in [2.45, 2.75) is 11.3 Å². The van der Waals surface area contributed by atoms with E-state index in [2.05, 4.69) is 5.32 Å². The van der Waals surface area contributed by atoms with Gasteiger partial charge in [-0.2, -0.15) is 4.31 Å². The smallest absolute Gasteiger partial charge is 0.243 e. The Morgan fingerprint density at radius 2 is 1.75 bits per heavy atom. The first-order valence-electron chi connectivity index (χ1n) is 6.87. The van der Waals surface area contributed by atoms with Gasteiger partial charge in [-0.3, -0.25) is 0 Å². The SMILES string of the molecule is O=S(=O)(c1ccc2ccccc2c1)N1CCCNCC1. The summed E-state index contributed by atoms with van der Waals surface area (Å²) in [6, 6.07) is 13.2. The molecule has 5 heteroatoms. The summed E-state index contributed by atoms with van der Waals surface area (Å²) >= 11 is 0. The molecule has 20 heavy (non-hydrogen) atoms. The predicted octanol–water partition coefficient (Wildman–Crippen LogP) is 1.82. The summed E-state index contributed by atoms with van der Waals surface area (Å²) in [7, 11) is -3.38. The standard InChI is InChI=1S/C15H18N2O2S/c18-20(19,17-10-3-8-16-9-11-17)15-7-6-13-4-1-2-5-14(13)12-15/h1-2,4-7,12,16H,3,8-11H2. The predicted molar refractivity (Wildman–Crippen MR) is 80.2 cm³/mol. The third kappa shape index (κ3) is 2.57. The van der Waals surface area contributed by atoms with E-state index in [1.165, 1.54) is 0 Å². The average molecular weight is 290 g/mol. The maximum atomic E-state index is 12.7. The van der Waals surface area contributed by atoms with Crippen LogP contribution < -0.4 is 5.32 Å². The molecular formula is C15H18N2O2S. The lowest BCUT2D eigenvalue weighted by Gasteiger charge is -2.19. The Hall–Kier alpha value is -1.43. The molecule has 1 heterocycles. The second kappa shape index (κ2) is 5.52. The minimum absolute atomic E-state index is 0.387. The van der Waals surface area contributed by atoms with Crippen molar-refractivity contribution in [2.24, 2.45) is 0 Å². The van der Waals surface area contributed by atoms with E-state index in [4.69, 9.17) is 0 Å². The van der Waals surface area contributed by atoms with Gasteiger partial charge in [0.05, 0.1) is 4.90 Å². The van der Waals surface area contributed by atoms with Gasteiger partial charge in [-0.15, -0.1) is 0 Å². The Morgan fingerprint density at radius 3 is 2.60 bits per heavy atom. The average Bonchev–Trinajstić information content (AvgIpc) is 2.76. The van der Waals surface area contributed by atoms with Crippen molar-refractivity contribution in [1.82, 2.24) is 9.62 Å². The molecule has 106 valence electrons. The molecule has 1 N–H and O–H groups in total. The topological polar surface area (TPSA) is 49.4 Å². The lowest BCUT2D eigenvalue weighted by molar-refractivity contribution is 0.432. The Kier molecular flexibility index (Phi) is 3.74. The van der Waals surface area contributed by atoms with Crippen molar-refractivity contribution in [3.05, 3.63) is 42.5 Å². The zero-order valence-electron chi connectivity index (χ0n) is 11.2. The van der Waals surface area contributed by atoms with Crippen LogP contribution in [0.1, 0.15) is 6.42 Å². The number of hydrogen-bond acceptors (Lipinski definition) is 3. The molecule has 0 radical (unpaired) electrons. The lowest BCUT2D eigenvalue weighted by Crippen LogP contribution is -2.34. The Balaban J connectivity index is 1.99. The highest BCUT2D eigenvalue weighted by atomic mass is 32.2. The molecule has 1 saturated heterocycles. The maximum absolute atomic E-state index is 12.7. The number of nitrogens with one attached hydrogen (secondary N) is 1. The van der Waals surface area contributed by atoms with Crippen LogP contribution in [0.25, 0.3) is 10.8 Å². The van der Waals surface area contributed by atoms with Crippen molar-refractivity contribution in [3.63, 3.8) is 0 Å². The first-order valence-corrected chi connectivity index (χ1v) is 8.32. The maximum Gasteiger partial charge on any atom is 0.243 e. The first-order chi connectivity index (χ1) is 9.68. The summed E-state index contributed by atoms with van der Waals surface area (Å²) in [5.41, 5.74) is 0. The van der Waals surface area contributed by atoms with E-state index in [1.807, 2.05) is 30.3 Å². The molecule has 0 bridgehead atoms. The molecule has 1 fully saturated rings. The molecule has 0 amide bonds. The second-order valence-corrected chi connectivity index (χ2v) is 6.95. The quantitative estimate of drug-likeness (QED) is 0.918. The minimum atomic E-state index is -3.38. The molecule has 2 aromatic rings. The van der Waals surface area contributed by atoms with Crippen LogP contribution in [0.4, 0.5) is 0 Å². The van der Waals surface area contributed by atoms with Crippen LogP contribution in [-0.4, -0.2) is 38.9 Å². The molecule has 0 spiro atoms. The molecule has 0 saturated carbocycles. The molecule has 3 rings (SSSR count). The fourth-order valence-corrected chi connectivity index (χ4v) is 4.05. The van der Waals surface area contributed by atoms with Crippen LogP contribution in [0.5, 0.6) is 0 Å². The number of sulfonamides is 1. The Bertz CT molecular complexity index is 705. The van der Waals surface area contributed by atoms with Crippen LogP contribution in [0.2, 0.25) is 0 Å². The molecule has 0 unspecified atom stereocenters. The van der Waals surface area contributed by atoms with E-state index in [1.54, 1.807) is 16.4 Å². The van der Waals surface area contributed by atoms with Crippen LogP contribution in [0.15, 0.2) is 47.4 Å². The number of hydrogen-bond donors (Lipinski definition) is 1. The minimum Gasteiger partial charge on any atom is -0.315 e. The summed E-state index contributed by atoms with van der Waals surface area (Å²) in [4.78, 5) is 0.387. The van der Waals surface area contributed by atoms with Gasteiger partial charge in [0.15, 0.2) is 0 Å². The summed E-state index contributed by atoms with van der Waals surface area (Å²) in [5.74, 6) is 0. The van der Waals surface area contributed by atoms with E-state index in [0.29, 0.717) is 24.5 Å². The molecule has 4 nitrogen and oxygen atoms in total. The molecule has 2 aromatic carbocycles. The van der Waals surface area contributed by atoms with Crippen LogP contribution in [0, 0.1) is 0 Å². The summed E-state index contributed by atoms with van der Waals surface area (Å²) in [6.45, 7) is 2.72. The van der Waals surface area contributed by atoms with Crippen molar-refractivity contribution in [2.75, 3.05) is 26.2 Å². The van der Waals surface area contributed by atoms with E-state index in [9.17, 15) is 8.42 Å². The van der Waals surface area contributed by atoms with E-state index < -0.39 is 10.0 Å². The van der Waals surface area contributed by atoms with Gasteiger partial charge in [-0.1, -0.05) is 30.3 Å². The number of fused-ring (bicyclic) bond motifs is 1. The largest absolute Gasteiger partial charge is 0.315 e. The highest BCUT2D eigenvalue weighted by Gasteiger charge is 2.24. The highest BCUT2D eigenvalue weighted by molar-refractivity contribution is 7.89. The summed E-state index contributed by atoms with van der Waals surface area (Å²) < 4.78 is 26.9. The van der Waals surface area contributed by atoms with Crippen molar-refractivity contribution in [1.29, 1.82) is 0 Å².